The SMILES string of the molecule is Cc1ccc(S(=O)(=O)OCCC[C@@]2(C)C(=O)CC[C@H]3[C@@H]4CC[C@H]([C@H](C)CCCC(C)C)[C@@]4(C)CC[C@@H]32)cc1. The summed E-state index contributed by atoms with van der Waals surface area (Å²) in [5.41, 5.74) is 1.06. The molecule has 0 amide bonds. The first-order valence-electron chi connectivity index (χ1n) is 15.4. The zero-order valence-electron chi connectivity index (χ0n) is 24.8. The van der Waals surface area contributed by atoms with Crippen LogP contribution in [0.25, 0.3) is 0 Å². The van der Waals surface area contributed by atoms with Crippen molar-refractivity contribution in [2.45, 2.75) is 117 Å². The van der Waals surface area contributed by atoms with Gasteiger partial charge in [0.25, 0.3) is 10.1 Å². The van der Waals surface area contributed by atoms with Gasteiger partial charge in [-0.2, -0.15) is 8.42 Å². The van der Waals surface area contributed by atoms with Gasteiger partial charge >= 0.3 is 0 Å². The van der Waals surface area contributed by atoms with E-state index in [0.717, 1.165) is 48.5 Å². The Kier molecular flexibility index (Phi) is 9.19. The highest BCUT2D eigenvalue weighted by Gasteiger charge is 2.59. The van der Waals surface area contributed by atoms with E-state index in [1.54, 1.807) is 24.3 Å². The van der Waals surface area contributed by atoms with Gasteiger partial charge in [0.1, 0.15) is 5.78 Å². The van der Waals surface area contributed by atoms with Gasteiger partial charge in [-0.25, -0.2) is 0 Å². The Labute approximate surface area is 232 Å². The molecule has 0 radical (unpaired) electrons. The number of hydrogen-bond donors (Lipinski definition) is 0. The normalized spacial score (nSPS) is 34.2. The zero-order chi connectivity index (χ0) is 27.7. The van der Waals surface area contributed by atoms with Gasteiger partial charge in [0, 0.05) is 11.8 Å². The lowest BCUT2D eigenvalue weighted by Gasteiger charge is -2.56. The van der Waals surface area contributed by atoms with Crippen molar-refractivity contribution in [1.29, 1.82) is 0 Å². The van der Waals surface area contributed by atoms with Crippen LogP contribution in [0.4, 0.5) is 0 Å². The molecule has 1 aromatic rings. The van der Waals surface area contributed by atoms with Crippen LogP contribution >= 0.6 is 0 Å². The molecule has 0 bridgehead atoms. The molecule has 0 saturated heterocycles. The molecule has 1 aromatic carbocycles. The molecular formula is C33H52O4S. The zero-order valence-corrected chi connectivity index (χ0v) is 25.6. The van der Waals surface area contributed by atoms with Gasteiger partial charge in [0.15, 0.2) is 0 Å². The minimum Gasteiger partial charge on any atom is -0.299 e. The van der Waals surface area contributed by atoms with Crippen molar-refractivity contribution in [3.63, 3.8) is 0 Å². The van der Waals surface area contributed by atoms with Gasteiger partial charge in [-0.05, 0) is 105 Å². The topological polar surface area (TPSA) is 60.4 Å². The van der Waals surface area contributed by atoms with Crippen molar-refractivity contribution in [2.24, 2.45) is 46.3 Å². The Morgan fingerprint density at radius 2 is 1.66 bits per heavy atom. The summed E-state index contributed by atoms with van der Waals surface area (Å²) in [6.45, 7) is 14.0. The molecule has 3 fully saturated rings. The number of carbonyl (C=O) groups excluding carboxylic acids is 1. The fraction of sp³-hybridized carbons (Fsp3) is 0.788. The Bertz CT molecular complexity index is 1060. The third-order valence-electron chi connectivity index (χ3n) is 11.2. The number of fused-ring (bicyclic) bond motifs is 3. The molecule has 4 rings (SSSR count). The monoisotopic (exact) mass is 544 g/mol. The first-order chi connectivity index (χ1) is 17.9. The first kappa shape index (κ1) is 29.8. The molecule has 0 spiro atoms. The summed E-state index contributed by atoms with van der Waals surface area (Å²) >= 11 is 0. The maximum atomic E-state index is 13.4. The fourth-order valence-electron chi connectivity index (χ4n) is 9.00. The average molecular weight is 545 g/mol. The second-order valence-electron chi connectivity index (χ2n) is 14.0. The van der Waals surface area contributed by atoms with E-state index >= 15 is 0 Å². The third kappa shape index (κ3) is 5.94. The molecule has 0 N–H and O–H groups in total. The second-order valence-corrected chi connectivity index (χ2v) is 15.6. The predicted octanol–water partition coefficient (Wildman–Crippen LogP) is 8.37. The van der Waals surface area contributed by atoms with Crippen molar-refractivity contribution in [1.82, 2.24) is 0 Å². The van der Waals surface area contributed by atoms with Crippen LogP contribution in [-0.2, 0) is 19.1 Å². The molecule has 7 atom stereocenters. The lowest BCUT2D eigenvalue weighted by molar-refractivity contribution is -0.146. The van der Waals surface area contributed by atoms with Crippen LogP contribution in [0, 0.1) is 53.3 Å². The van der Waals surface area contributed by atoms with Crippen LogP contribution in [0.5, 0.6) is 0 Å². The maximum Gasteiger partial charge on any atom is 0.296 e. The van der Waals surface area contributed by atoms with E-state index in [9.17, 15) is 13.2 Å². The highest BCUT2D eigenvalue weighted by Crippen LogP contribution is 2.66. The first-order valence-corrected chi connectivity index (χ1v) is 16.8. The number of carbonyl (C=O) groups is 1. The molecule has 0 aromatic heterocycles. The summed E-state index contributed by atoms with van der Waals surface area (Å²) in [6.07, 6.45) is 12.1. The minimum atomic E-state index is -3.77. The van der Waals surface area contributed by atoms with E-state index < -0.39 is 10.1 Å². The molecule has 0 unspecified atom stereocenters. The molecule has 3 aliphatic carbocycles. The highest BCUT2D eigenvalue weighted by atomic mass is 32.2. The molecular weight excluding hydrogens is 492 g/mol. The summed E-state index contributed by atoms with van der Waals surface area (Å²) in [5, 5.41) is 0. The lowest BCUT2D eigenvalue weighted by atomic mass is 9.48. The van der Waals surface area contributed by atoms with Crippen molar-refractivity contribution in [3.8, 4) is 0 Å². The number of Topliss-reactive ketones (excluding diaryl/α,β-unsaturated/α-hetero) is 1. The van der Waals surface area contributed by atoms with Crippen molar-refractivity contribution in [3.05, 3.63) is 29.8 Å². The van der Waals surface area contributed by atoms with Gasteiger partial charge in [0.2, 0.25) is 0 Å². The predicted molar refractivity (Wildman–Crippen MR) is 154 cm³/mol. The smallest absolute Gasteiger partial charge is 0.296 e. The Hall–Kier alpha value is -1.20. The van der Waals surface area contributed by atoms with Crippen molar-refractivity contribution < 1.29 is 17.4 Å². The van der Waals surface area contributed by atoms with Crippen LogP contribution in [0.15, 0.2) is 29.2 Å². The van der Waals surface area contributed by atoms with Gasteiger partial charge in [-0.3, -0.25) is 8.98 Å². The average Bonchev–Trinajstić information content (AvgIpc) is 3.21. The van der Waals surface area contributed by atoms with Gasteiger partial charge in [-0.1, -0.05) is 71.6 Å². The van der Waals surface area contributed by atoms with Crippen molar-refractivity contribution in [2.75, 3.05) is 6.61 Å². The van der Waals surface area contributed by atoms with Crippen molar-refractivity contribution >= 4 is 15.9 Å². The maximum absolute atomic E-state index is 13.4. The fourth-order valence-corrected chi connectivity index (χ4v) is 9.94. The van der Waals surface area contributed by atoms with E-state index in [4.69, 9.17) is 4.18 Å². The number of rotatable bonds is 11. The van der Waals surface area contributed by atoms with E-state index in [2.05, 4.69) is 34.6 Å². The van der Waals surface area contributed by atoms with Gasteiger partial charge in [-0.15, -0.1) is 0 Å². The molecule has 214 valence electrons. The van der Waals surface area contributed by atoms with Crippen LogP contribution in [0.2, 0.25) is 0 Å². The number of aryl methyl sites for hydroxylation is 1. The molecule has 3 aliphatic rings. The Morgan fingerprint density at radius 1 is 0.947 bits per heavy atom. The van der Waals surface area contributed by atoms with Gasteiger partial charge in [0.05, 0.1) is 11.5 Å². The van der Waals surface area contributed by atoms with Crippen LogP contribution in [0.1, 0.15) is 111 Å². The van der Waals surface area contributed by atoms with E-state index in [1.807, 2.05) is 6.92 Å². The lowest BCUT2D eigenvalue weighted by Crippen LogP contribution is -2.52. The van der Waals surface area contributed by atoms with E-state index in [0.29, 0.717) is 35.9 Å². The summed E-state index contributed by atoms with van der Waals surface area (Å²) < 4.78 is 30.6. The summed E-state index contributed by atoms with van der Waals surface area (Å²) in [5.74, 6) is 4.54. The largest absolute Gasteiger partial charge is 0.299 e. The highest BCUT2D eigenvalue weighted by molar-refractivity contribution is 7.86. The number of ketones is 1. The summed E-state index contributed by atoms with van der Waals surface area (Å²) in [7, 11) is -3.77. The Balaban J connectivity index is 1.38. The molecule has 4 nitrogen and oxygen atoms in total. The van der Waals surface area contributed by atoms with Gasteiger partial charge < -0.3 is 0 Å². The second kappa shape index (κ2) is 11.7. The molecule has 0 heterocycles. The summed E-state index contributed by atoms with van der Waals surface area (Å²) in [6, 6.07) is 6.77. The third-order valence-corrected chi connectivity index (χ3v) is 12.5. The number of hydrogen-bond acceptors (Lipinski definition) is 4. The quantitative estimate of drug-likeness (QED) is 0.207. The Morgan fingerprint density at radius 3 is 2.34 bits per heavy atom. The molecule has 0 aliphatic heterocycles. The van der Waals surface area contributed by atoms with E-state index in [1.165, 1.54) is 38.5 Å². The van der Waals surface area contributed by atoms with Crippen LogP contribution in [0.3, 0.4) is 0 Å². The standard InChI is InChI=1S/C33H52O4S/c1-23(2)9-7-10-25(4)28-16-17-29-27-15-18-31(34)33(6,30(27)19-21-32(28,29)5)20-8-22-37-38(35,36)26-13-11-24(3)12-14-26/h11-14,23,25,27-30H,7-10,15-22H2,1-6H3/t25-,27+,28-,29+,30+,32-,33-/m1/s1. The van der Waals surface area contributed by atoms with E-state index in [-0.39, 0.29) is 16.9 Å². The van der Waals surface area contributed by atoms with Crippen LogP contribution < -0.4 is 0 Å². The summed E-state index contributed by atoms with van der Waals surface area (Å²) in [4.78, 5) is 13.6. The molecule has 38 heavy (non-hydrogen) atoms. The number of benzene rings is 1. The molecule has 3 saturated carbocycles. The molecule has 5 heteroatoms. The van der Waals surface area contributed by atoms with Crippen LogP contribution in [-0.4, -0.2) is 20.8 Å². The minimum absolute atomic E-state index is 0.133.